The number of hydrogen-bond acceptors (Lipinski definition) is 3. The number of ether oxygens (including phenoxy) is 1. The molecule has 3 nitrogen and oxygen atoms in total. The van der Waals surface area contributed by atoms with E-state index in [0.717, 1.165) is 20.9 Å². The number of carbonyl (C=O) groups is 1. The Labute approximate surface area is 115 Å². The van der Waals surface area contributed by atoms with Crippen molar-refractivity contribution in [3.8, 4) is 0 Å². The number of methoxy groups -OCH3 is 1. The molecule has 0 saturated carbocycles. The van der Waals surface area contributed by atoms with Crippen LogP contribution < -0.4 is 0 Å². The van der Waals surface area contributed by atoms with Crippen molar-refractivity contribution in [2.24, 2.45) is 0 Å². The van der Waals surface area contributed by atoms with Crippen LogP contribution in [0.15, 0.2) is 27.3 Å². The topological polar surface area (TPSA) is 39.2 Å². The molecule has 1 aromatic carbocycles. The predicted molar refractivity (Wildman–Crippen MR) is 73.2 cm³/mol. The molecular formula is C12H9Br2NO2. The fraction of sp³-hybridized carbons (Fsp3) is 0.167. The van der Waals surface area contributed by atoms with Gasteiger partial charge in [0.2, 0.25) is 0 Å². The molecule has 1 aromatic heterocycles. The number of aromatic nitrogens is 1. The zero-order valence-corrected chi connectivity index (χ0v) is 12.4. The number of aryl methyl sites for hydroxylation is 1. The van der Waals surface area contributed by atoms with Gasteiger partial charge in [0.25, 0.3) is 0 Å². The van der Waals surface area contributed by atoms with E-state index < -0.39 is 5.97 Å². The van der Waals surface area contributed by atoms with Gasteiger partial charge < -0.3 is 4.74 Å². The highest BCUT2D eigenvalue weighted by atomic mass is 79.9. The molecule has 0 radical (unpaired) electrons. The van der Waals surface area contributed by atoms with Gasteiger partial charge in [0.05, 0.1) is 18.2 Å². The lowest BCUT2D eigenvalue weighted by molar-refractivity contribution is 0.0599. The quantitative estimate of drug-likeness (QED) is 0.726. The first-order chi connectivity index (χ1) is 8.06. The summed E-state index contributed by atoms with van der Waals surface area (Å²) in [6, 6.07) is 3.91. The number of esters is 1. The van der Waals surface area contributed by atoms with Gasteiger partial charge in [-0.15, -0.1) is 0 Å². The molecule has 5 heteroatoms. The number of nitrogens with zero attached hydrogens (tertiary/aromatic N) is 1. The third-order valence-corrected chi connectivity index (χ3v) is 4.00. The highest BCUT2D eigenvalue weighted by Gasteiger charge is 2.16. The van der Waals surface area contributed by atoms with Crippen molar-refractivity contribution in [2.75, 3.05) is 7.11 Å². The first kappa shape index (κ1) is 12.5. The SMILES string of the molecule is COC(=O)c1cnc2c(C)ccc(Br)c2c1Br. The van der Waals surface area contributed by atoms with Crippen LogP contribution in [-0.2, 0) is 4.74 Å². The fourth-order valence-electron chi connectivity index (χ4n) is 1.62. The standard InChI is InChI=1S/C12H9Br2NO2/c1-6-3-4-8(13)9-10(14)7(12(16)17-2)5-15-11(6)9/h3-5H,1-2H3. The minimum absolute atomic E-state index is 0.403. The van der Waals surface area contributed by atoms with E-state index in [2.05, 4.69) is 36.8 Å². The summed E-state index contributed by atoms with van der Waals surface area (Å²) < 4.78 is 6.30. The van der Waals surface area contributed by atoms with Gasteiger partial charge in [-0.2, -0.15) is 0 Å². The maximum atomic E-state index is 11.6. The number of fused-ring (bicyclic) bond motifs is 1. The van der Waals surface area contributed by atoms with Crippen LogP contribution in [0.3, 0.4) is 0 Å². The Balaban J connectivity index is 2.84. The molecule has 0 atom stereocenters. The maximum absolute atomic E-state index is 11.6. The summed E-state index contributed by atoms with van der Waals surface area (Å²) in [6.45, 7) is 1.98. The van der Waals surface area contributed by atoms with Crippen LogP contribution in [0.5, 0.6) is 0 Å². The molecule has 0 aliphatic carbocycles. The molecule has 0 aliphatic rings. The van der Waals surface area contributed by atoms with E-state index in [9.17, 15) is 4.79 Å². The van der Waals surface area contributed by atoms with Gasteiger partial charge in [-0.25, -0.2) is 4.79 Å². The highest BCUT2D eigenvalue weighted by Crippen LogP contribution is 2.33. The number of benzene rings is 1. The fourth-order valence-corrected chi connectivity index (χ4v) is 3.07. The van der Waals surface area contributed by atoms with Crippen LogP contribution >= 0.6 is 31.9 Å². The second-order valence-corrected chi connectivity index (χ2v) is 5.21. The van der Waals surface area contributed by atoms with Crippen LogP contribution in [0.25, 0.3) is 10.9 Å². The lowest BCUT2D eigenvalue weighted by Gasteiger charge is -2.09. The predicted octanol–water partition coefficient (Wildman–Crippen LogP) is 3.85. The Morgan fingerprint density at radius 1 is 1.35 bits per heavy atom. The normalized spacial score (nSPS) is 10.6. The summed E-state index contributed by atoms with van der Waals surface area (Å²) in [5.41, 5.74) is 2.34. The molecule has 88 valence electrons. The molecule has 17 heavy (non-hydrogen) atoms. The number of hydrogen-bond donors (Lipinski definition) is 0. The molecule has 0 unspecified atom stereocenters. The van der Waals surface area contributed by atoms with Crippen LogP contribution in [0.1, 0.15) is 15.9 Å². The lowest BCUT2D eigenvalue weighted by Crippen LogP contribution is -2.04. The van der Waals surface area contributed by atoms with Crippen LogP contribution in [0, 0.1) is 6.92 Å². The smallest absolute Gasteiger partial charge is 0.340 e. The lowest BCUT2D eigenvalue weighted by atomic mass is 10.1. The summed E-state index contributed by atoms with van der Waals surface area (Å²) in [7, 11) is 1.35. The average Bonchev–Trinajstić information content (AvgIpc) is 2.33. The van der Waals surface area contributed by atoms with E-state index in [1.54, 1.807) is 0 Å². The summed E-state index contributed by atoms with van der Waals surface area (Å²) in [6.07, 6.45) is 1.53. The van der Waals surface area contributed by atoms with Gasteiger partial charge in [0.1, 0.15) is 0 Å². The molecule has 2 aromatic rings. The Hall–Kier alpha value is -0.940. The number of rotatable bonds is 1. The molecule has 0 spiro atoms. The highest BCUT2D eigenvalue weighted by molar-refractivity contribution is 9.11. The van der Waals surface area contributed by atoms with E-state index in [1.165, 1.54) is 13.3 Å². The monoisotopic (exact) mass is 357 g/mol. The molecule has 0 aliphatic heterocycles. The van der Waals surface area contributed by atoms with Crippen molar-refractivity contribution in [3.63, 3.8) is 0 Å². The number of halogens is 2. The second kappa shape index (κ2) is 4.74. The molecule has 0 fully saturated rings. The summed E-state index contributed by atoms with van der Waals surface area (Å²) in [5.74, 6) is -0.403. The minimum Gasteiger partial charge on any atom is -0.465 e. The van der Waals surface area contributed by atoms with Crippen molar-refractivity contribution in [3.05, 3.63) is 38.4 Å². The first-order valence-corrected chi connectivity index (χ1v) is 6.46. The molecule has 0 amide bonds. The van der Waals surface area contributed by atoms with Crippen molar-refractivity contribution >= 4 is 48.7 Å². The van der Waals surface area contributed by atoms with Gasteiger partial charge in [-0.3, -0.25) is 4.98 Å². The minimum atomic E-state index is -0.403. The van der Waals surface area contributed by atoms with E-state index in [0.29, 0.717) is 10.0 Å². The van der Waals surface area contributed by atoms with Crippen LogP contribution in [-0.4, -0.2) is 18.1 Å². The molecule has 1 heterocycles. The third kappa shape index (κ3) is 2.09. The first-order valence-electron chi connectivity index (χ1n) is 4.88. The Bertz CT molecular complexity index is 611. The average molecular weight is 359 g/mol. The Kier molecular flexibility index (Phi) is 3.49. The van der Waals surface area contributed by atoms with Gasteiger partial charge in [0, 0.05) is 20.5 Å². The molecule has 2 rings (SSSR count). The van der Waals surface area contributed by atoms with E-state index >= 15 is 0 Å². The number of pyridine rings is 1. The van der Waals surface area contributed by atoms with Crippen LogP contribution in [0.2, 0.25) is 0 Å². The summed E-state index contributed by atoms with van der Waals surface area (Å²) in [5, 5.41) is 0.882. The third-order valence-electron chi connectivity index (χ3n) is 2.51. The largest absolute Gasteiger partial charge is 0.465 e. The van der Waals surface area contributed by atoms with Gasteiger partial charge in [-0.05, 0) is 34.5 Å². The Morgan fingerprint density at radius 2 is 2.06 bits per heavy atom. The van der Waals surface area contributed by atoms with Crippen molar-refractivity contribution in [1.82, 2.24) is 4.98 Å². The van der Waals surface area contributed by atoms with E-state index in [1.807, 2.05) is 19.1 Å². The van der Waals surface area contributed by atoms with E-state index in [4.69, 9.17) is 4.74 Å². The van der Waals surface area contributed by atoms with Crippen LogP contribution in [0.4, 0.5) is 0 Å². The molecule has 0 bridgehead atoms. The zero-order valence-electron chi connectivity index (χ0n) is 9.25. The maximum Gasteiger partial charge on any atom is 0.340 e. The molecule has 0 saturated heterocycles. The van der Waals surface area contributed by atoms with E-state index in [-0.39, 0.29) is 0 Å². The van der Waals surface area contributed by atoms with Gasteiger partial charge in [0.15, 0.2) is 0 Å². The second-order valence-electron chi connectivity index (χ2n) is 3.57. The van der Waals surface area contributed by atoms with Crippen molar-refractivity contribution in [2.45, 2.75) is 6.92 Å². The zero-order chi connectivity index (χ0) is 12.6. The van der Waals surface area contributed by atoms with Gasteiger partial charge in [-0.1, -0.05) is 22.0 Å². The summed E-state index contributed by atoms with van der Waals surface area (Å²) >= 11 is 6.90. The summed E-state index contributed by atoms with van der Waals surface area (Å²) in [4.78, 5) is 15.9. The van der Waals surface area contributed by atoms with Crippen molar-refractivity contribution < 1.29 is 9.53 Å². The molecule has 0 N–H and O–H groups in total. The van der Waals surface area contributed by atoms with Gasteiger partial charge >= 0.3 is 5.97 Å². The molecular weight excluding hydrogens is 350 g/mol. The number of carbonyl (C=O) groups excluding carboxylic acids is 1. The Morgan fingerprint density at radius 3 is 2.71 bits per heavy atom. The van der Waals surface area contributed by atoms with Crippen molar-refractivity contribution in [1.29, 1.82) is 0 Å².